The molecule has 1 aliphatic heterocycles. The van der Waals surface area contributed by atoms with E-state index in [-0.39, 0.29) is 6.42 Å². The average molecular weight is 568 g/mol. The van der Waals surface area contributed by atoms with Crippen molar-refractivity contribution in [3.8, 4) is 5.75 Å². The van der Waals surface area contributed by atoms with Crippen LogP contribution in [-0.4, -0.2) is 47.0 Å². The van der Waals surface area contributed by atoms with Gasteiger partial charge in [0.05, 0.1) is 31.7 Å². The van der Waals surface area contributed by atoms with Gasteiger partial charge >= 0.3 is 18.2 Å². The second-order valence-corrected chi connectivity index (χ2v) is 9.78. The highest BCUT2D eigenvalue weighted by Crippen LogP contribution is 2.34. The van der Waals surface area contributed by atoms with Crippen molar-refractivity contribution in [2.75, 3.05) is 25.2 Å². The highest BCUT2D eigenvalue weighted by atomic mass is 19.4. The van der Waals surface area contributed by atoms with E-state index in [4.69, 9.17) is 9.47 Å². The number of esters is 1. The smallest absolute Gasteiger partial charge is 0.416 e. The number of ether oxygens (including phenoxy) is 2. The number of hydrogen-bond acceptors (Lipinski definition) is 5. The Labute approximate surface area is 233 Å². The quantitative estimate of drug-likeness (QED) is 0.253. The molecular formula is C30H28F3N3O5. The number of carbonyl (C=O) groups is 2. The molecule has 41 heavy (non-hydrogen) atoms. The Morgan fingerprint density at radius 1 is 1.07 bits per heavy atom. The topological polar surface area (TPSA) is 93.9 Å². The summed E-state index contributed by atoms with van der Waals surface area (Å²) in [6.07, 6.45) is -1.71. The molecule has 214 valence electrons. The minimum absolute atomic E-state index is 0.0586. The highest BCUT2D eigenvalue weighted by molar-refractivity contribution is 5.86. The summed E-state index contributed by atoms with van der Waals surface area (Å²) in [6, 6.07) is 15.3. The van der Waals surface area contributed by atoms with Crippen molar-refractivity contribution in [1.82, 2.24) is 9.55 Å². The first-order valence-electron chi connectivity index (χ1n) is 13.1. The Hall–Kier alpha value is -4.54. The molecule has 8 nitrogen and oxygen atoms in total. The third-order valence-electron chi connectivity index (χ3n) is 7.19. The Morgan fingerprint density at radius 2 is 1.85 bits per heavy atom. The van der Waals surface area contributed by atoms with Gasteiger partial charge in [-0.1, -0.05) is 18.2 Å². The van der Waals surface area contributed by atoms with E-state index < -0.39 is 29.8 Å². The standard InChI is InChI=1S/C30H28F3N3O5/c1-40-27(37)18-26(19-4-7-22(8-5-19)30(31,32)33)35-15-12-21-17-24(10-11-25(21)35)41-16-13-23-9-6-20-3-2-14-36(29(38)39)28(20)34-23/h4-12,15,17,26H,2-3,13-14,16,18H2,1H3,(H,38,39). The summed E-state index contributed by atoms with van der Waals surface area (Å²) >= 11 is 0. The van der Waals surface area contributed by atoms with Crippen LogP contribution in [0, 0.1) is 0 Å². The zero-order valence-corrected chi connectivity index (χ0v) is 22.2. The molecule has 0 fully saturated rings. The third-order valence-corrected chi connectivity index (χ3v) is 7.19. The number of aromatic nitrogens is 2. The van der Waals surface area contributed by atoms with Crippen molar-refractivity contribution in [3.05, 3.63) is 89.2 Å². The van der Waals surface area contributed by atoms with Crippen LogP contribution in [0.1, 0.15) is 41.3 Å². The van der Waals surface area contributed by atoms with E-state index in [0.717, 1.165) is 47.1 Å². The lowest BCUT2D eigenvalue weighted by molar-refractivity contribution is -0.141. The highest BCUT2D eigenvalue weighted by Gasteiger charge is 2.31. The van der Waals surface area contributed by atoms with Gasteiger partial charge < -0.3 is 19.1 Å². The minimum atomic E-state index is -4.46. The molecule has 2 aromatic heterocycles. The van der Waals surface area contributed by atoms with E-state index in [1.54, 1.807) is 12.3 Å². The van der Waals surface area contributed by atoms with E-state index in [9.17, 15) is 27.9 Å². The van der Waals surface area contributed by atoms with Crippen molar-refractivity contribution >= 4 is 28.8 Å². The summed E-state index contributed by atoms with van der Waals surface area (Å²) < 4.78 is 51.9. The minimum Gasteiger partial charge on any atom is -0.493 e. The molecule has 0 aliphatic carbocycles. The maximum Gasteiger partial charge on any atom is 0.416 e. The first-order chi connectivity index (χ1) is 19.6. The molecule has 1 aliphatic rings. The molecule has 3 heterocycles. The van der Waals surface area contributed by atoms with Crippen LogP contribution in [0.25, 0.3) is 10.9 Å². The number of carboxylic acid groups (broad SMARTS) is 1. The number of nitrogens with zero attached hydrogens (tertiary/aromatic N) is 3. The number of fused-ring (bicyclic) bond motifs is 2. The molecule has 5 rings (SSSR count). The Bertz CT molecular complexity index is 1570. The molecule has 1 unspecified atom stereocenters. The molecule has 11 heteroatoms. The molecule has 0 bridgehead atoms. The van der Waals surface area contributed by atoms with Crippen molar-refractivity contribution in [1.29, 1.82) is 0 Å². The van der Waals surface area contributed by atoms with E-state index in [0.29, 0.717) is 36.7 Å². The maximum atomic E-state index is 13.1. The first-order valence-corrected chi connectivity index (χ1v) is 13.1. The number of anilines is 1. The van der Waals surface area contributed by atoms with Gasteiger partial charge in [0.2, 0.25) is 0 Å². The number of amides is 1. The predicted molar refractivity (Wildman–Crippen MR) is 145 cm³/mol. The number of carbonyl (C=O) groups excluding carboxylic acids is 1. The number of halogens is 3. The van der Waals surface area contributed by atoms with Crippen molar-refractivity contribution in [2.45, 2.75) is 37.9 Å². The summed E-state index contributed by atoms with van der Waals surface area (Å²) in [7, 11) is 1.27. The normalized spacial score (nSPS) is 14.0. The zero-order valence-electron chi connectivity index (χ0n) is 22.2. The van der Waals surface area contributed by atoms with Crippen LogP contribution in [-0.2, 0) is 28.5 Å². The lowest BCUT2D eigenvalue weighted by Crippen LogP contribution is -2.35. The molecule has 1 amide bonds. The number of pyridine rings is 1. The molecular weight excluding hydrogens is 539 g/mol. The van der Waals surface area contributed by atoms with Gasteiger partial charge in [-0.3, -0.25) is 9.69 Å². The molecule has 0 radical (unpaired) electrons. The van der Waals surface area contributed by atoms with Gasteiger partial charge in [-0.25, -0.2) is 9.78 Å². The summed E-state index contributed by atoms with van der Waals surface area (Å²) in [4.78, 5) is 29.6. The fourth-order valence-electron chi connectivity index (χ4n) is 5.09. The fourth-order valence-corrected chi connectivity index (χ4v) is 5.09. The van der Waals surface area contributed by atoms with Crippen molar-refractivity contribution < 1.29 is 37.3 Å². The number of aryl methyl sites for hydroxylation is 1. The monoisotopic (exact) mass is 567 g/mol. The zero-order chi connectivity index (χ0) is 29.1. The maximum absolute atomic E-state index is 13.1. The van der Waals surface area contributed by atoms with Gasteiger partial charge in [-0.2, -0.15) is 13.2 Å². The average Bonchev–Trinajstić information content (AvgIpc) is 3.38. The summed E-state index contributed by atoms with van der Waals surface area (Å²) in [5, 5.41) is 10.3. The van der Waals surface area contributed by atoms with Crippen LogP contribution in [0.5, 0.6) is 5.75 Å². The first kappa shape index (κ1) is 28.0. The molecule has 1 N–H and O–H groups in total. The van der Waals surface area contributed by atoms with E-state index in [2.05, 4.69) is 4.98 Å². The van der Waals surface area contributed by atoms with Crippen LogP contribution in [0.15, 0.2) is 66.9 Å². The van der Waals surface area contributed by atoms with Crippen molar-refractivity contribution in [2.24, 2.45) is 0 Å². The molecule has 0 spiro atoms. The van der Waals surface area contributed by atoms with Gasteiger partial charge in [0.1, 0.15) is 11.6 Å². The third kappa shape index (κ3) is 6.13. The summed E-state index contributed by atoms with van der Waals surface area (Å²) in [6.45, 7) is 0.746. The molecule has 0 saturated carbocycles. The number of benzene rings is 2. The predicted octanol–water partition coefficient (Wildman–Crippen LogP) is 6.26. The number of hydrogen-bond donors (Lipinski definition) is 1. The van der Waals surface area contributed by atoms with E-state index in [1.807, 2.05) is 34.9 Å². The second-order valence-electron chi connectivity index (χ2n) is 9.78. The van der Waals surface area contributed by atoms with Gasteiger partial charge in [0, 0.05) is 35.8 Å². The number of alkyl halides is 3. The number of methoxy groups -OCH3 is 1. The Balaban J connectivity index is 1.32. The van der Waals surface area contributed by atoms with E-state index in [1.165, 1.54) is 24.1 Å². The Kier molecular flexibility index (Phi) is 7.87. The fraction of sp³-hybridized carbons (Fsp3) is 0.300. The lowest BCUT2D eigenvalue weighted by Gasteiger charge is -2.26. The largest absolute Gasteiger partial charge is 0.493 e. The van der Waals surface area contributed by atoms with E-state index >= 15 is 0 Å². The lowest BCUT2D eigenvalue weighted by atomic mass is 10.0. The number of rotatable bonds is 8. The van der Waals surface area contributed by atoms with Crippen LogP contribution >= 0.6 is 0 Å². The van der Waals surface area contributed by atoms with Gasteiger partial charge in [0.15, 0.2) is 0 Å². The van der Waals surface area contributed by atoms with Crippen LogP contribution in [0.4, 0.5) is 23.8 Å². The summed E-state index contributed by atoms with van der Waals surface area (Å²) in [5.41, 5.74) is 2.20. The Morgan fingerprint density at radius 3 is 2.56 bits per heavy atom. The van der Waals surface area contributed by atoms with Crippen LogP contribution in [0.2, 0.25) is 0 Å². The van der Waals surface area contributed by atoms with Gasteiger partial charge in [0.25, 0.3) is 0 Å². The molecule has 2 aromatic carbocycles. The van der Waals surface area contributed by atoms with Crippen LogP contribution in [0.3, 0.4) is 0 Å². The molecule has 0 saturated heterocycles. The van der Waals surface area contributed by atoms with Gasteiger partial charge in [-0.15, -0.1) is 0 Å². The molecule has 1 atom stereocenters. The SMILES string of the molecule is COC(=O)CC(c1ccc(C(F)(F)F)cc1)n1ccc2cc(OCCc3ccc4c(n3)N(C(=O)O)CCC4)ccc21. The molecule has 4 aromatic rings. The van der Waals surface area contributed by atoms with Crippen LogP contribution < -0.4 is 9.64 Å². The second kappa shape index (κ2) is 11.5. The van der Waals surface area contributed by atoms with Crippen molar-refractivity contribution in [3.63, 3.8) is 0 Å². The van der Waals surface area contributed by atoms with Gasteiger partial charge in [-0.05, 0) is 66.4 Å². The summed E-state index contributed by atoms with van der Waals surface area (Å²) in [5.74, 6) is 0.608.